The molecule has 0 bridgehead atoms. The van der Waals surface area contributed by atoms with Gasteiger partial charge in [0.25, 0.3) is 0 Å². The third-order valence-corrected chi connectivity index (χ3v) is 5.82. The number of hydrogen-bond acceptors (Lipinski definition) is 5. The van der Waals surface area contributed by atoms with Crippen molar-refractivity contribution in [3.05, 3.63) is 35.1 Å². The third-order valence-electron chi connectivity index (χ3n) is 5.82. The summed E-state index contributed by atoms with van der Waals surface area (Å²) >= 11 is 0. The number of fused-ring (bicyclic) bond motifs is 2. The number of carbonyl (C=O) groups is 2. The van der Waals surface area contributed by atoms with Crippen molar-refractivity contribution in [2.45, 2.75) is 71.0 Å². The minimum absolute atomic E-state index is 0.0590. The van der Waals surface area contributed by atoms with Gasteiger partial charge in [0, 0.05) is 23.0 Å². The van der Waals surface area contributed by atoms with Crippen molar-refractivity contribution in [3.8, 4) is 0 Å². The third kappa shape index (κ3) is 3.19. The molecule has 1 heterocycles. The normalized spacial score (nSPS) is 32.7. The Morgan fingerprint density at radius 2 is 2.00 bits per heavy atom. The van der Waals surface area contributed by atoms with Crippen molar-refractivity contribution >= 4 is 11.6 Å². The van der Waals surface area contributed by atoms with Crippen molar-refractivity contribution < 1.29 is 24.5 Å². The van der Waals surface area contributed by atoms with Gasteiger partial charge in [-0.15, -0.1) is 0 Å². The van der Waals surface area contributed by atoms with E-state index in [1.54, 1.807) is 6.92 Å². The molecular weight excluding hydrogens is 332 g/mol. The summed E-state index contributed by atoms with van der Waals surface area (Å²) in [6.45, 7) is 7.75. The number of ether oxygens (including phenoxy) is 1. The van der Waals surface area contributed by atoms with Crippen LogP contribution in [0.2, 0.25) is 0 Å². The van der Waals surface area contributed by atoms with E-state index < -0.39 is 11.2 Å². The van der Waals surface area contributed by atoms with E-state index in [1.165, 1.54) is 6.08 Å². The fraction of sp³-hybridized carbons (Fsp3) is 0.619. The minimum atomic E-state index is -0.874. The first-order valence-electron chi connectivity index (χ1n) is 9.47. The quantitative estimate of drug-likeness (QED) is 0.262. The topological polar surface area (TPSA) is 72.8 Å². The van der Waals surface area contributed by atoms with Gasteiger partial charge in [0.05, 0.1) is 0 Å². The summed E-state index contributed by atoms with van der Waals surface area (Å²) in [7, 11) is 0. The number of Topliss-reactive ketones (excluding diaryl/α,β-unsaturated/α-hetero) is 1. The van der Waals surface area contributed by atoms with Crippen LogP contribution in [-0.4, -0.2) is 28.0 Å². The summed E-state index contributed by atoms with van der Waals surface area (Å²) in [6, 6.07) is 0. The number of unbranched alkanes of at least 4 members (excludes halogenated alkanes) is 2. The highest BCUT2D eigenvalue weighted by Gasteiger charge is 2.52. The lowest BCUT2D eigenvalue weighted by Gasteiger charge is -2.48. The second-order valence-corrected chi connectivity index (χ2v) is 8.37. The maximum Gasteiger partial charge on any atom is 0.224 e. The molecule has 0 aromatic rings. The van der Waals surface area contributed by atoms with Crippen LogP contribution in [0.15, 0.2) is 35.1 Å². The fourth-order valence-electron chi connectivity index (χ4n) is 4.35. The molecule has 0 radical (unpaired) electrons. The highest BCUT2D eigenvalue weighted by molar-refractivity contribution is 6.22. The summed E-state index contributed by atoms with van der Waals surface area (Å²) < 4.78 is 6.08. The lowest BCUT2D eigenvalue weighted by atomic mass is 9.64. The maximum absolute atomic E-state index is 13.0. The Morgan fingerprint density at radius 1 is 1.27 bits per heavy atom. The smallest absolute Gasteiger partial charge is 0.224 e. The van der Waals surface area contributed by atoms with E-state index in [4.69, 9.17) is 4.74 Å². The van der Waals surface area contributed by atoms with E-state index in [1.807, 2.05) is 26.0 Å². The lowest BCUT2D eigenvalue weighted by molar-refractivity contribution is -0.308. The fourth-order valence-corrected chi connectivity index (χ4v) is 4.35. The molecule has 0 amide bonds. The molecule has 0 fully saturated rings. The second-order valence-electron chi connectivity index (χ2n) is 8.37. The first kappa shape index (κ1) is 19.1. The molecule has 3 rings (SSSR count). The van der Waals surface area contributed by atoms with E-state index in [-0.39, 0.29) is 29.2 Å². The first-order valence-corrected chi connectivity index (χ1v) is 9.47. The van der Waals surface area contributed by atoms with Gasteiger partial charge < -0.3 is 4.74 Å². The lowest BCUT2D eigenvalue weighted by Crippen LogP contribution is -2.50. The Labute approximate surface area is 154 Å². The molecule has 26 heavy (non-hydrogen) atoms. The Morgan fingerprint density at radius 3 is 2.65 bits per heavy atom. The van der Waals surface area contributed by atoms with Gasteiger partial charge in [0.15, 0.2) is 11.5 Å². The van der Waals surface area contributed by atoms with Crippen LogP contribution in [0, 0.1) is 11.8 Å². The molecule has 1 unspecified atom stereocenters. The highest BCUT2D eigenvalue weighted by atomic mass is 17.1. The van der Waals surface area contributed by atoms with Gasteiger partial charge in [0.2, 0.25) is 5.78 Å². The molecule has 3 aliphatic rings. The second kappa shape index (κ2) is 6.78. The molecule has 0 aromatic carbocycles. The van der Waals surface area contributed by atoms with Gasteiger partial charge in [-0.1, -0.05) is 31.9 Å². The largest absolute Gasteiger partial charge is 0.483 e. The highest BCUT2D eigenvalue weighted by Crippen LogP contribution is 2.50. The van der Waals surface area contributed by atoms with Crippen LogP contribution in [0.25, 0.3) is 0 Å². The zero-order valence-corrected chi connectivity index (χ0v) is 16.0. The molecule has 1 aliphatic heterocycles. The van der Waals surface area contributed by atoms with Gasteiger partial charge in [-0.25, -0.2) is 4.89 Å². The number of ketones is 2. The molecule has 0 aromatic heterocycles. The Kier molecular flexibility index (Phi) is 4.97. The molecule has 0 saturated heterocycles. The van der Waals surface area contributed by atoms with E-state index in [9.17, 15) is 14.8 Å². The monoisotopic (exact) mass is 360 g/mol. The van der Waals surface area contributed by atoms with Crippen LogP contribution in [0.1, 0.15) is 59.8 Å². The zero-order valence-electron chi connectivity index (χ0n) is 16.0. The SMILES string of the molecule is CCCCCC1=CC(=O)C2=C(OC(C)(C)[C@@H]3C=CC(C)(OO)C[C@@H]23)C1=O. The van der Waals surface area contributed by atoms with Crippen LogP contribution >= 0.6 is 0 Å². The van der Waals surface area contributed by atoms with Crippen molar-refractivity contribution in [2.24, 2.45) is 11.8 Å². The van der Waals surface area contributed by atoms with Crippen molar-refractivity contribution in [2.75, 3.05) is 0 Å². The average Bonchev–Trinajstić information content (AvgIpc) is 2.58. The Hall–Kier alpha value is -1.72. The number of carbonyl (C=O) groups excluding carboxylic acids is 2. The molecule has 5 nitrogen and oxygen atoms in total. The summed E-state index contributed by atoms with van der Waals surface area (Å²) in [5.41, 5.74) is -0.505. The van der Waals surface area contributed by atoms with Crippen LogP contribution in [-0.2, 0) is 19.2 Å². The number of rotatable bonds is 5. The van der Waals surface area contributed by atoms with Crippen molar-refractivity contribution in [3.63, 3.8) is 0 Å². The molecule has 0 spiro atoms. The Balaban J connectivity index is 1.97. The van der Waals surface area contributed by atoms with Crippen LogP contribution in [0.5, 0.6) is 0 Å². The molecule has 0 saturated carbocycles. The van der Waals surface area contributed by atoms with E-state index >= 15 is 0 Å². The zero-order chi connectivity index (χ0) is 19.1. The summed E-state index contributed by atoms with van der Waals surface area (Å²) in [6.07, 6.45) is 9.24. The van der Waals surface area contributed by atoms with E-state index in [0.717, 1.165) is 19.3 Å². The van der Waals surface area contributed by atoms with Crippen LogP contribution < -0.4 is 0 Å². The molecule has 1 N–H and O–H groups in total. The predicted octanol–water partition coefficient (Wildman–Crippen LogP) is 4.15. The van der Waals surface area contributed by atoms with Crippen LogP contribution in [0.4, 0.5) is 0 Å². The minimum Gasteiger partial charge on any atom is -0.483 e. The standard InChI is InChI=1S/C21H28O5/c1-5-6-7-8-13-11-16(22)17-14-12-21(4,26-24)10-9-15(14)20(2,3)25-19(17)18(13)23/h9-11,14-15,24H,5-8,12H2,1-4H3/t14-,15-,21?/m1/s1. The molecule has 3 atom stereocenters. The van der Waals surface area contributed by atoms with Gasteiger partial charge in [-0.3, -0.25) is 14.8 Å². The van der Waals surface area contributed by atoms with Crippen molar-refractivity contribution in [1.29, 1.82) is 0 Å². The van der Waals surface area contributed by atoms with E-state index in [2.05, 4.69) is 11.8 Å². The molecule has 142 valence electrons. The summed E-state index contributed by atoms with van der Waals surface area (Å²) in [5.74, 6) is -0.390. The number of allylic oxidation sites excluding steroid dienone is 3. The predicted molar refractivity (Wildman–Crippen MR) is 97.3 cm³/mol. The maximum atomic E-state index is 13.0. The van der Waals surface area contributed by atoms with Gasteiger partial charge in [-0.05, 0) is 46.1 Å². The van der Waals surface area contributed by atoms with Crippen molar-refractivity contribution in [1.82, 2.24) is 0 Å². The first-order chi connectivity index (χ1) is 12.2. The number of hydrogen-bond donors (Lipinski definition) is 1. The van der Waals surface area contributed by atoms with Gasteiger partial charge in [-0.2, -0.15) is 0 Å². The molecule has 2 aliphatic carbocycles. The molecule has 5 heteroatoms. The van der Waals surface area contributed by atoms with Gasteiger partial charge in [0.1, 0.15) is 11.2 Å². The summed E-state index contributed by atoms with van der Waals surface area (Å²) in [5, 5.41) is 9.28. The summed E-state index contributed by atoms with van der Waals surface area (Å²) in [4.78, 5) is 30.5. The van der Waals surface area contributed by atoms with E-state index in [0.29, 0.717) is 24.0 Å². The molecular formula is C21H28O5. The average molecular weight is 360 g/mol. The van der Waals surface area contributed by atoms with Crippen LogP contribution in [0.3, 0.4) is 0 Å². The van der Waals surface area contributed by atoms with Gasteiger partial charge >= 0.3 is 0 Å². The Bertz CT molecular complexity index is 712.